The average molecular weight is 323 g/mol. The van der Waals surface area contributed by atoms with Crippen molar-refractivity contribution in [1.29, 1.82) is 0 Å². The van der Waals surface area contributed by atoms with E-state index in [2.05, 4.69) is 43.8 Å². The van der Waals surface area contributed by atoms with Crippen LogP contribution >= 0.6 is 0 Å². The number of aryl methyl sites for hydroxylation is 1. The van der Waals surface area contributed by atoms with Crippen LogP contribution in [-0.4, -0.2) is 36.9 Å². The molecule has 0 N–H and O–H groups in total. The molecule has 0 aliphatic carbocycles. The third-order valence-corrected chi connectivity index (χ3v) is 5.10. The molecule has 0 radical (unpaired) electrons. The predicted molar refractivity (Wildman–Crippen MR) is 94.7 cm³/mol. The molecule has 0 aromatic carbocycles. The van der Waals surface area contributed by atoms with E-state index in [4.69, 9.17) is 0 Å². The highest BCUT2D eigenvalue weighted by Gasteiger charge is 2.19. The van der Waals surface area contributed by atoms with Crippen LogP contribution in [0.1, 0.15) is 30.7 Å². The van der Waals surface area contributed by atoms with Gasteiger partial charge in [-0.1, -0.05) is 0 Å². The van der Waals surface area contributed by atoms with Gasteiger partial charge >= 0.3 is 0 Å². The molecule has 4 heterocycles. The molecule has 1 unspecified atom stereocenters. The molecular formula is C19H25N5. The van der Waals surface area contributed by atoms with Crippen molar-refractivity contribution in [1.82, 2.24) is 23.8 Å². The number of nitrogens with zero attached hydrogens (tertiary/aromatic N) is 5. The van der Waals surface area contributed by atoms with E-state index < -0.39 is 0 Å². The Balaban J connectivity index is 1.39. The van der Waals surface area contributed by atoms with Crippen molar-refractivity contribution in [2.75, 3.05) is 13.1 Å². The summed E-state index contributed by atoms with van der Waals surface area (Å²) >= 11 is 0. The summed E-state index contributed by atoms with van der Waals surface area (Å²) in [5.74, 6) is 0.729. The summed E-state index contributed by atoms with van der Waals surface area (Å²) < 4.78 is 4.20. The Morgan fingerprint density at radius 2 is 2.12 bits per heavy atom. The number of hydrogen-bond acceptors (Lipinski definition) is 3. The molecule has 3 aromatic heterocycles. The summed E-state index contributed by atoms with van der Waals surface area (Å²) in [5.41, 5.74) is 3.67. The van der Waals surface area contributed by atoms with E-state index in [0.29, 0.717) is 0 Å². The van der Waals surface area contributed by atoms with Gasteiger partial charge in [0.1, 0.15) is 0 Å². The first-order valence-corrected chi connectivity index (χ1v) is 8.88. The van der Waals surface area contributed by atoms with Crippen molar-refractivity contribution in [3.63, 3.8) is 0 Å². The minimum absolute atomic E-state index is 0.729. The highest BCUT2D eigenvalue weighted by Crippen LogP contribution is 2.23. The smallest absolute Gasteiger partial charge is 0.0947 e. The molecule has 3 aromatic rings. The van der Waals surface area contributed by atoms with Crippen LogP contribution in [0, 0.1) is 5.92 Å². The molecule has 5 nitrogen and oxygen atoms in total. The van der Waals surface area contributed by atoms with Crippen molar-refractivity contribution in [3.8, 4) is 0 Å². The first kappa shape index (κ1) is 15.4. The van der Waals surface area contributed by atoms with Crippen LogP contribution in [0.2, 0.25) is 0 Å². The summed E-state index contributed by atoms with van der Waals surface area (Å²) in [6, 6.07) is 4.27. The molecule has 1 fully saturated rings. The summed E-state index contributed by atoms with van der Waals surface area (Å²) in [7, 11) is 2.03. The lowest BCUT2D eigenvalue weighted by Gasteiger charge is -2.19. The number of aromatic nitrogens is 4. The van der Waals surface area contributed by atoms with E-state index in [1.165, 1.54) is 42.7 Å². The van der Waals surface area contributed by atoms with Gasteiger partial charge in [-0.05, 0) is 56.8 Å². The molecule has 1 aliphatic rings. The Labute approximate surface area is 143 Å². The standard InChI is InChI=1S/C19H25N5/c1-22-13-17(21-15-22)14-23-8-2-4-16(6-10-23)12-18-19-5-3-9-24(19)11-7-20-18/h3,5,7,9,11,13,15-16H,2,4,6,8,10,12,14H2,1H3. The van der Waals surface area contributed by atoms with E-state index in [0.717, 1.165) is 25.4 Å². The highest BCUT2D eigenvalue weighted by molar-refractivity contribution is 5.52. The minimum Gasteiger partial charge on any atom is -0.340 e. The first-order valence-electron chi connectivity index (χ1n) is 8.88. The van der Waals surface area contributed by atoms with Crippen molar-refractivity contribution >= 4 is 5.52 Å². The van der Waals surface area contributed by atoms with Crippen LogP contribution < -0.4 is 0 Å². The van der Waals surface area contributed by atoms with Crippen LogP contribution in [0.3, 0.4) is 0 Å². The molecule has 0 saturated carbocycles. The van der Waals surface area contributed by atoms with Crippen molar-refractivity contribution < 1.29 is 0 Å². The van der Waals surface area contributed by atoms with Crippen LogP contribution in [0.25, 0.3) is 5.52 Å². The molecule has 1 saturated heterocycles. The number of rotatable bonds is 4. The van der Waals surface area contributed by atoms with Gasteiger partial charge in [0.05, 0.1) is 23.2 Å². The molecule has 4 rings (SSSR count). The Morgan fingerprint density at radius 3 is 3.00 bits per heavy atom. The highest BCUT2D eigenvalue weighted by atomic mass is 15.1. The maximum absolute atomic E-state index is 4.65. The maximum Gasteiger partial charge on any atom is 0.0947 e. The normalized spacial score (nSPS) is 19.6. The lowest BCUT2D eigenvalue weighted by Crippen LogP contribution is -2.24. The third-order valence-electron chi connectivity index (χ3n) is 5.10. The van der Waals surface area contributed by atoms with Crippen LogP contribution in [0.5, 0.6) is 0 Å². The number of imidazole rings is 1. The van der Waals surface area contributed by atoms with Gasteiger partial charge in [-0.25, -0.2) is 4.98 Å². The average Bonchev–Trinajstić information content (AvgIpc) is 3.15. The quantitative estimate of drug-likeness (QED) is 0.741. The van der Waals surface area contributed by atoms with Crippen LogP contribution in [0.15, 0.2) is 43.2 Å². The molecule has 5 heteroatoms. The van der Waals surface area contributed by atoms with Gasteiger partial charge in [-0.2, -0.15) is 0 Å². The largest absolute Gasteiger partial charge is 0.340 e. The zero-order valence-electron chi connectivity index (χ0n) is 14.3. The molecule has 0 bridgehead atoms. The van der Waals surface area contributed by atoms with Gasteiger partial charge < -0.3 is 8.97 Å². The van der Waals surface area contributed by atoms with Crippen molar-refractivity contribution in [2.45, 2.75) is 32.2 Å². The second kappa shape index (κ2) is 6.77. The molecule has 1 atom stereocenters. The van der Waals surface area contributed by atoms with Crippen molar-refractivity contribution in [3.05, 3.63) is 54.6 Å². The fraction of sp³-hybridized carbons (Fsp3) is 0.474. The summed E-state index contributed by atoms with van der Waals surface area (Å²) in [6.07, 6.45) is 15.0. The number of likely N-dealkylation sites (tertiary alicyclic amines) is 1. The van der Waals surface area contributed by atoms with Gasteiger partial charge in [-0.3, -0.25) is 9.88 Å². The molecular weight excluding hydrogens is 298 g/mol. The Hall–Kier alpha value is -2.14. The van der Waals surface area contributed by atoms with E-state index in [1.807, 2.05) is 30.3 Å². The SMILES string of the molecule is Cn1cnc(CN2CCCC(Cc3nccn4cccc34)CC2)c1. The van der Waals surface area contributed by atoms with E-state index in [9.17, 15) is 0 Å². The lowest BCUT2D eigenvalue weighted by atomic mass is 9.95. The summed E-state index contributed by atoms with van der Waals surface area (Å²) in [5, 5.41) is 0. The zero-order chi connectivity index (χ0) is 16.4. The van der Waals surface area contributed by atoms with Gasteiger partial charge in [0.25, 0.3) is 0 Å². The van der Waals surface area contributed by atoms with E-state index >= 15 is 0 Å². The zero-order valence-corrected chi connectivity index (χ0v) is 14.3. The fourth-order valence-electron chi connectivity index (χ4n) is 3.83. The van der Waals surface area contributed by atoms with Gasteiger partial charge in [-0.15, -0.1) is 0 Å². The third kappa shape index (κ3) is 3.36. The molecule has 1 aliphatic heterocycles. The maximum atomic E-state index is 4.65. The number of fused-ring (bicyclic) bond motifs is 1. The van der Waals surface area contributed by atoms with Crippen LogP contribution in [-0.2, 0) is 20.0 Å². The molecule has 0 spiro atoms. The molecule has 24 heavy (non-hydrogen) atoms. The minimum atomic E-state index is 0.729. The van der Waals surface area contributed by atoms with Gasteiger partial charge in [0.15, 0.2) is 0 Å². The summed E-state index contributed by atoms with van der Waals surface area (Å²) in [4.78, 5) is 11.7. The van der Waals surface area contributed by atoms with Crippen LogP contribution in [0.4, 0.5) is 0 Å². The Morgan fingerprint density at radius 1 is 1.17 bits per heavy atom. The lowest BCUT2D eigenvalue weighted by molar-refractivity contribution is 0.269. The van der Waals surface area contributed by atoms with E-state index in [1.54, 1.807) is 0 Å². The second-order valence-electron chi connectivity index (χ2n) is 6.98. The fourth-order valence-corrected chi connectivity index (χ4v) is 3.83. The van der Waals surface area contributed by atoms with E-state index in [-0.39, 0.29) is 0 Å². The Kier molecular flexibility index (Phi) is 4.34. The predicted octanol–water partition coefficient (Wildman–Crippen LogP) is 2.91. The molecule has 0 amide bonds. The topological polar surface area (TPSA) is 38.4 Å². The summed E-state index contributed by atoms with van der Waals surface area (Å²) in [6.45, 7) is 3.31. The van der Waals surface area contributed by atoms with Gasteiger partial charge in [0.2, 0.25) is 0 Å². The Bertz CT molecular complexity index is 803. The van der Waals surface area contributed by atoms with Crippen molar-refractivity contribution in [2.24, 2.45) is 13.0 Å². The second-order valence-corrected chi connectivity index (χ2v) is 6.98. The monoisotopic (exact) mass is 323 g/mol. The molecule has 126 valence electrons. The first-order chi connectivity index (χ1) is 11.8. The number of hydrogen-bond donors (Lipinski definition) is 0. The van der Waals surface area contributed by atoms with Gasteiger partial charge in [0, 0.05) is 38.4 Å².